The zero-order valence-corrected chi connectivity index (χ0v) is 24.4. The monoisotopic (exact) mass is 561 g/mol. The molecule has 0 saturated carbocycles. The van der Waals surface area contributed by atoms with E-state index >= 15 is 0 Å². The maximum Gasteiger partial charge on any atom is 0.166 e. The molecule has 0 radical (unpaired) electrons. The van der Waals surface area contributed by atoms with Crippen LogP contribution in [0.2, 0.25) is 0 Å². The maximum atomic E-state index is 6.62. The van der Waals surface area contributed by atoms with E-state index in [2.05, 4.69) is 85.0 Å². The Morgan fingerprint density at radius 3 is 2.53 bits per heavy atom. The first-order valence-corrected chi connectivity index (χ1v) is 16.1. The second kappa shape index (κ2) is 10.2. The molecule has 1 unspecified atom stereocenters. The van der Waals surface area contributed by atoms with Gasteiger partial charge < -0.3 is 4.74 Å². The third-order valence-corrected chi connectivity index (χ3v) is 10.1. The number of nitrogens with zero attached hydrogens (tertiary/aromatic N) is 3. The number of fused-ring (bicyclic) bond motifs is 7. The van der Waals surface area contributed by atoms with Gasteiger partial charge in [-0.15, -0.1) is 0 Å². The van der Waals surface area contributed by atoms with Crippen molar-refractivity contribution in [2.45, 2.75) is 69.6 Å². The van der Waals surface area contributed by atoms with Crippen LogP contribution in [0.1, 0.15) is 98.2 Å². The van der Waals surface area contributed by atoms with E-state index in [1.54, 1.807) is 0 Å². The first-order chi connectivity index (χ1) is 21.3. The molecule has 4 nitrogen and oxygen atoms in total. The predicted molar refractivity (Wildman–Crippen MR) is 173 cm³/mol. The van der Waals surface area contributed by atoms with E-state index in [0.29, 0.717) is 5.92 Å². The van der Waals surface area contributed by atoms with Crippen LogP contribution < -0.4 is 10.4 Å². The summed E-state index contributed by atoms with van der Waals surface area (Å²) < 4.78 is 6.62. The molecule has 0 bridgehead atoms. The molecule has 3 atom stereocenters. The van der Waals surface area contributed by atoms with E-state index in [0.717, 1.165) is 73.8 Å². The number of hydrogen-bond acceptors (Lipinski definition) is 4. The number of benzene rings is 2. The van der Waals surface area contributed by atoms with E-state index in [1.807, 2.05) is 0 Å². The molecule has 4 heteroatoms. The van der Waals surface area contributed by atoms with Gasteiger partial charge in [0, 0.05) is 24.2 Å². The lowest BCUT2D eigenvalue weighted by Gasteiger charge is -2.25. The molecule has 3 aromatic rings. The Labute approximate surface area is 252 Å². The number of aromatic nitrogens is 3. The minimum Gasteiger partial charge on any atom is -0.465 e. The summed E-state index contributed by atoms with van der Waals surface area (Å²) in [7, 11) is 0. The summed E-state index contributed by atoms with van der Waals surface area (Å²) in [6, 6.07) is 9.26. The molecule has 6 aliphatic rings. The molecule has 2 aromatic carbocycles. The summed E-state index contributed by atoms with van der Waals surface area (Å²) in [6.45, 7) is 0. The van der Waals surface area contributed by atoms with Gasteiger partial charge in [-0.1, -0.05) is 85.0 Å². The molecule has 2 heterocycles. The summed E-state index contributed by atoms with van der Waals surface area (Å²) in [5, 5.41) is 5.39. The minimum absolute atomic E-state index is 0.0735. The van der Waals surface area contributed by atoms with Crippen molar-refractivity contribution in [1.82, 2.24) is 15.0 Å². The van der Waals surface area contributed by atoms with Crippen molar-refractivity contribution in [3.05, 3.63) is 123 Å². The van der Waals surface area contributed by atoms with Crippen molar-refractivity contribution in [2.24, 2.45) is 5.92 Å². The fraction of sp³-hybridized carbons (Fsp3) is 0.308. The fourth-order valence-electron chi connectivity index (χ4n) is 7.99. The Morgan fingerprint density at radius 1 is 0.721 bits per heavy atom. The van der Waals surface area contributed by atoms with Crippen molar-refractivity contribution in [2.75, 3.05) is 0 Å². The maximum absolute atomic E-state index is 6.62. The Bertz CT molecular complexity index is 2000. The van der Waals surface area contributed by atoms with Gasteiger partial charge in [-0.05, 0) is 89.3 Å². The summed E-state index contributed by atoms with van der Waals surface area (Å²) in [5.74, 6) is 5.30. The van der Waals surface area contributed by atoms with Crippen molar-refractivity contribution in [3.8, 4) is 0 Å². The third kappa shape index (κ3) is 4.14. The fourth-order valence-corrected chi connectivity index (χ4v) is 7.99. The van der Waals surface area contributed by atoms with Crippen LogP contribution >= 0.6 is 0 Å². The molecule has 0 spiro atoms. The molecular formula is C39H35N3O. The highest BCUT2D eigenvalue weighted by molar-refractivity contribution is 5.94. The average molecular weight is 562 g/mol. The first-order valence-electron chi connectivity index (χ1n) is 16.1. The molecule has 43 heavy (non-hydrogen) atoms. The molecule has 0 fully saturated rings. The topological polar surface area (TPSA) is 47.9 Å². The Balaban J connectivity index is 1.19. The lowest BCUT2D eigenvalue weighted by molar-refractivity contribution is 0.290. The quantitative estimate of drug-likeness (QED) is 0.329. The van der Waals surface area contributed by atoms with E-state index in [4.69, 9.17) is 19.7 Å². The average Bonchev–Trinajstić information content (AvgIpc) is 3.47. The van der Waals surface area contributed by atoms with Crippen molar-refractivity contribution in [3.63, 3.8) is 0 Å². The Hall–Kier alpha value is -4.31. The lowest BCUT2D eigenvalue weighted by atomic mass is 9.82. The van der Waals surface area contributed by atoms with Gasteiger partial charge in [0.25, 0.3) is 0 Å². The van der Waals surface area contributed by atoms with Crippen LogP contribution in [-0.2, 0) is 4.74 Å². The van der Waals surface area contributed by atoms with Gasteiger partial charge in [-0.25, -0.2) is 15.0 Å². The second-order valence-electron chi connectivity index (χ2n) is 12.7. The minimum atomic E-state index is 0.0735. The second-order valence-corrected chi connectivity index (χ2v) is 12.7. The molecule has 1 aliphatic heterocycles. The molecule has 1 aromatic heterocycles. The van der Waals surface area contributed by atoms with Gasteiger partial charge in [-0.2, -0.15) is 0 Å². The molecule has 9 rings (SSSR count). The summed E-state index contributed by atoms with van der Waals surface area (Å²) in [5.41, 5.74) is 5.15. The van der Waals surface area contributed by atoms with Crippen LogP contribution in [0.5, 0.6) is 0 Å². The van der Waals surface area contributed by atoms with E-state index in [1.165, 1.54) is 56.5 Å². The molecule has 0 N–H and O–H groups in total. The highest BCUT2D eigenvalue weighted by Gasteiger charge is 2.37. The Morgan fingerprint density at radius 2 is 1.58 bits per heavy atom. The number of hydrogen-bond donors (Lipinski definition) is 0. The SMILES string of the molecule is C1=CCC(c2nc(C3=C4OC5=C(CCCC5)[C@@H]4CC=C3)nc([C@@H]3CC=Cc4c3ccc3c5c(ccc43)=CCCC=5)n2)C=C1. The van der Waals surface area contributed by atoms with Gasteiger partial charge >= 0.3 is 0 Å². The summed E-state index contributed by atoms with van der Waals surface area (Å²) >= 11 is 0. The van der Waals surface area contributed by atoms with Crippen LogP contribution in [0.15, 0.2) is 83.9 Å². The Kier molecular flexibility index (Phi) is 5.95. The molecule has 5 aliphatic carbocycles. The summed E-state index contributed by atoms with van der Waals surface area (Å²) in [4.78, 5) is 15.7. The summed E-state index contributed by atoms with van der Waals surface area (Å²) in [6.07, 6.45) is 32.3. The molecule has 212 valence electrons. The van der Waals surface area contributed by atoms with E-state index < -0.39 is 0 Å². The van der Waals surface area contributed by atoms with Crippen LogP contribution in [0.4, 0.5) is 0 Å². The third-order valence-electron chi connectivity index (χ3n) is 10.1. The smallest absolute Gasteiger partial charge is 0.166 e. The number of allylic oxidation sites excluding steroid dienone is 10. The van der Waals surface area contributed by atoms with E-state index in [-0.39, 0.29) is 11.8 Å². The molecule has 0 amide bonds. The number of ether oxygens (including phenoxy) is 1. The van der Waals surface area contributed by atoms with E-state index in [9.17, 15) is 0 Å². The van der Waals surface area contributed by atoms with Gasteiger partial charge in [-0.3, -0.25) is 0 Å². The van der Waals surface area contributed by atoms with Gasteiger partial charge in [0.2, 0.25) is 0 Å². The van der Waals surface area contributed by atoms with Crippen LogP contribution in [0.25, 0.3) is 34.6 Å². The normalized spacial score (nSPS) is 25.1. The standard InChI is InChI=1S/C39H35N3O/c1-2-11-25(12-3-1)37-40-38(42-39(41-37)34-18-9-16-32-31-14-6-7-19-35(31)43-36(32)34)33-17-8-15-27-29-21-20-24-10-4-5-13-26(24)28(29)22-23-30(27)33/h1-3,8-11,13,15,18,20-23,25,32-33H,4-7,12,14,16-17,19H2/t25?,32-,33+/m0/s1. The van der Waals surface area contributed by atoms with Crippen molar-refractivity contribution < 1.29 is 4.74 Å². The molecular weight excluding hydrogens is 526 g/mol. The zero-order valence-electron chi connectivity index (χ0n) is 24.4. The molecule has 0 saturated heterocycles. The highest BCUT2D eigenvalue weighted by atomic mass is 16.5. The van der Waals surface area contributed by atoms with Gasteiger partial charge in [0.1, 0.15) is 23.2 Å². The van der Waals surface area contributed by atoms with Gasteiger partial charge in [0.05, 0.1) is 5.57 Å². The first kappa shape index (κ1) is 25.2. The zero-order chi connectivity index (χ0) is 28.3. The lowest BCUT2D eigenvalue weighted by Crippen LogP contribution is -2.27. The van der Waals surface area contributed by atoms with Crippen molar-refractivity contribution in [1.29, 1.82) is 0 Å². The predicted octanol–water partition coefficient (Wildman–Crippen LogP) is 7.67. The van der Waals surface area contributed by atoms with Crippen LogP contribution in [-0.4, -0.2) is 15.0 Å². The van der Waals surface area contributed by atoms with Crippen LogP contribution in [0, 0.1) is 5.92 Å². The number of rotatable bonds is 3. The largest absolute Gasteiger partial charge is 0.465 e. The highest BCUT2D eigenvalue weighted by Crippen LogP contribution is 2.48. The van der Waals surface area contributed by atoms with Gasteiger partial charge in [0.15, 0.2) is 5.82 Å². The van der Waals surface area contributed by atoms with Crippen LogP contribution in [0.3, 0.4) is 0 Å². The van der Waals surface area contributed by atoms with Crippen molar-refractivity contribution >= 4 is 34.6 Å².